The lowest BCUT2D eigenvalue weighted by molar-refractivity contribution is 0.104. The Morgan fingerprint density at radius 1 is 1.09 bits per heavy atom. The predicted octanol–water partition coefficient (Wildman–Crippen LogP) is 6.50. The van der Waals surface area contributed by atoms with Gasteiger partial charge in [0.1, 0.15) is 5.75 Å². The van der Waals surface area contributed by atoms with E-state index in [1.807, 2.05) is 12.1 Å². The van der Waals surface area contributed by atoms with E-state index in [-0.39, 0.29) is 5.78 Å². The summed E-state index contributed by atoms with van der Waals surface area (Å²) in [4.78, 5) is 17.6. The first-order valence-corrected chi connectivity index (χ1v) is 13.4. The first kappa shape index (κ1) is 24.0. The minimum Gasteiger partial charge on any atom is -0.496 e. The van der Waals surface area contributed by atoms with Crippen LogP contribution in [0.4, 0.5) is 0 Å². The van der Waals surface area contributed by atoms with E-state index in [0.29, 0.717) is 12.1 Å². The molecule has 1 aliphatic carbocycles. The molecule has 2 aliphatic rings. The van der Waals surface area contributed by atoms with Crippen molar-refractivity contribution < 1.29 is 9.53 Å². The quantitative estimate of drug-likeness (QED) is 0.369. The van der Waals surface area contributed by atoms with Gasteiger partial charge < -0.3 is 10.5 Å². The molecule has 2 aromatic carbocycles. The normalized spacial score (nSPS) is 16.4. The van der Waals surface area contributed by atoms with Crippen molar-refractivity contribution in [1.29, 1.82) is 0 Å². The predicted molar refractivity (Wildman–Crippen MR) is 146 cm³/mol. The van der Waals surface area contributed by atoms with E-state index in [0.717, 1.165) is 66.0 Å². The van der Waals surface area contributed by atoms with Crippen molar-refractivity contribution >= 4 is 32.8 Å². The third-order valence-corrected chi connectivity index (χ3v) is 8.44. The highest BCUT2D eigenvalue weighted by molar-refractivity contribution is 7.20. The van der Waals surface area contributed by atoms with Crippen LogP contribution in [0.1, 0.15) is 64.0 Å². The minimum absolute atomic E-state index is 0.0683. The lowest BCUT2D eigenvalue weighted by Crippen LogP contribution is -2.19. The zero-order valence-electron chi connectivity index (χ0n) is 20.7. The molecule has 2 heterocycles. The number of rotatable bonds is 8. The highest BCUT2D eigenvalue weighted by Crippen LogP contribution is 2.41. The highest BCUT2D eigenvalue weighted by atomic mass is 32.1. The van der Waals surface area contributed by atoms with Gasteiger partial charge in [-0.1, -0.05) is 42.0 Å². The van der Waals surface area contributed by atoms with Gasteiger partial charge in [-0.05, 0) is 81.9 Å². The molecule has 1 fully saturated rings. The summed E-state index contributed by atoms with van der Waals surface area (Å²) >= 11 is 1.74. The summed E-state index contributed by atoms with van der Waals surface area (Å²) < 4.78 is 6.91. The van der Waals surface area contributed by atoms with Crippen LogP contribution in [0.25, 0.3) is 15.7 Å². The van der Waals surface area contributed by atoms with Crippen molar-refractivity contribution in [2.75, 3.05) is 26.7 Å². The molecule has 1 saturated heterocycles. The molecule has 0 spiro atoms. The van der Waals surface area contributed by atoms with E-state index >= 15 is 0 Å². The molecular weight excluding hydrogens is 452 g/mol. The molecule has 5 rings (SSSR count). The molecule has 3 aromatic rings. The van der Waals surface area contributed by atoms with Crippen LogP contribution in [0, 0.1) is 6.92 Å². The van der Waals surface area contributed by atoms with Crippen LogP contribution in [0.15, 0.2) is 54.1 Å². The van der Waals surface area contributed by atoms with Gasteiger partial charge in [0.05, 0.1) is 7.11 Å². The number of benzene rings is 2. The highest BCUT2D eigenvalue weighted by Gasteiger charge is 2.24. The van der Waals surface area contributed by atoms with E-state index in [9.17, 15) is 4.79 Å². The summed E-state index contributed by atoms with van der Waals surface area (Å²) in [6.45, 7) is 5.91. The Morgan fingerprint density at radius 2 is 1.91 bits per heavy atom. The third-order valence-electron chi connectivity index (χ3n) is 7.21. The summed E-state index contributed by atoms with van der Waals surface area (Å²) in [6.07, 6.45) is 9.79. The summed E-state index contributed by atoms with van der Waals surface area (Å²) in [7, 11) is 1.70. The van der Waals surface area contributed by atoms with Crippen molar-refractivity contribution in [2.45, 2.75) is 45.6 Å². The summed E-state index contributed by atoms with van der Waals surface area (Å²) in [5.74, 6) is 0.865. The number of carbonyl (C=O) groups excluding carboxylic acids is 1. The molecule has 0 unspecified atom stereocenters. The molecule has 5 heteroatoms. The molecule has 4 nitrogen and oxygen atoms in total. The molecular formula is C30H34N2O2S. The number of allylic oxidation sites excluding steroid dienone is 3. The van der Waals surface area contributed by atoms with Gasteiger partial charge in [-0.25, -0.2) is 0 Å². The lowest BCUT2D eigenvalue weighted by atomic mass is 9.91. The van der Waals surface area contributed by atoms with Gasteiger partial charge in [0.25, 0.3) is 0 Å². The van der Waals surface area contributed by atoms with Crippen LogP contribution in [0.5, 0.6) is 5.75 Å². The second kappa shape index (κ2) is 10.5. The van der Waals surface area contributed by atoms with Gasteiger partial charge in [0.2, 0.25) is 0 Å². The average Bonchev–Trinajstić information content (AvgIpc) is 3.52. The van der Waals surface area contributed by atoms with Crippen molar-refractivity contribution in [1.82, 2.24) is 4.90 Å². The number of aryl methyl sites for hydroxylation is 1. The number of thiophene rings is 1. The number of hydrogen-bond donors (Lipinski definition) is 1. The van der Waals surface area contributed by atoms with Crippen molar-refractivity contribution in [3.8, 4) is 5.75 Å². The maximum absolute atomic E-state index is 14.0. The maximum atomic E-state index is 14.0. The number of hydrogen-bond acceptors (Lipinski definition) is 5. The number of nitrogens with zero attached hydrogens (tertiary/aromatic N) is 1. The monoisotopic (exact) mass is 486 g/mol. The Hall–Kier alpha value is -2.73. The van der Waals surface area contributed by atoms with Crippen LogP contribution in [-0.4, -0.2) is 37.4 Å². The van der Waals surface area contributed by atoms with Crippen molar-refractivity contribution in [2.24, 2.45) is 5.73 Å². The first-order valence-electron chi connectivity index (χ1n) is 12.6. The molecule has 0 atom stereocenters. The van der Waals surface area contributed by atoms with E-state index in [2.05, 4.69) is 48.2 Å². The van der Waals surface area contributed by atoms with Gasteiger partial charge in [0, 0.05) is 38.2 Å². The fraction of sp³-hybridized carbons (Fsp3) is 0.367. The maximum Gasteiger partial charge on any atom is 0.195 e. The molecule has 0 amide bonds. The van der Waals surface area contributed by atoms with Crippen LogP contribution in [0.3, 0.4) is 0 Å². The topological polar surface area (TPSA) is 55.6 Å². The average molecular weight is 487 g/mol. The van der Waals surface area contributed by atoms with Gasteiger partial charge in [0.15, 0.2) is 5.78 Å². The third kappa shape index (κ3) is 4.99. The molecule has 0 saturated carbocycles. The van der Waals surface area contributed by atoms with Crippen LogP contribution < -0.4 is 10.5 Å². The summed E-state index contributed by atoms with van der Waals surface area (Å²) in [5.41, 5.74) is 12.2. The summed E-state index contributed by atoms with van der Waals surface area (Å²) in [6, 6.07) is 12.4. The number of carbonyl (C=O) groups is 1. The number of fused-ring (bicyclic) bond motifs is 1. The molecule has 1 aliphatic heterocycles. The molecule has 2 N–H and O–H groups in total. The fourth-order valence-electron chi connectivity index (χ4n) is 5.26. The van der Waals surface area contributed by atoms with E-state index < -0.39 is 0 Å². The van der Waals surface area contributed by atoms with Crippen molar-refractivity contribution in [3.63, 3.8) is 0 Å². The molecule has 182 valence electrons. The number of ether oxygens (including phenoxy) is 1. The van der Waals surface area contributed by atoms with Crippen molar-refractivity contribution in [3.05, 3.63) is 81.3 Å². The summed E-state index contributed by atoms with van der Waals surface area (Å²) in [5, 5.41) is 1.04. The van der Waals surface area contributed by atoms with E-state index in [1.165, 1.54) is 34.3 Å². The first-order chi connectivity index (χ1) is 17.1. The van der Waals surface area contributed by atoms with Crippen LogP contribution in [-0.2, 0) is 6.54 Å². The second-order valence-corrected chi connectivity index (χ2v) is 10.8. The SMILES string of the molecule is COc1cc(C(=O)c2c(C3=CC=C(CCN)CC3)sc3cc(C)ccc23)ccc1CN1CCCC1. The Morgan fingerprint density at radius 3 is 2.63 bits per heavy atom. The van der Waals surface area contributed by atoms with Gasteiger partial charge >= 0.3 is 0 Å². The number of likely N-dealkylation sites (tertiary alicyclic amines) is 1. The van der Waals surface area contributed by atoms with Gasteiger partial charge in [-0.15, -0.1) is 11.3 Å². The Labute approximate surface area is 212 Å². The largest absolute Gasteiger partial charge is 0.496 e. The van der Waals surface area contributed by atoms with E-state index in [1.54, 1.807) is 18.4 Å². The molecule has 1 aromatic heterocycles. The van der Waals surface area contributed by atoms with Gasteiger partial charge in [-0.3, -0.25) is 9.69 Å². The minimum atomic E-state index is 0.0683. The zero-order valence-corrected chi connectivity index (χ0v) is 21.5. The lowest BCUT2D eigenvalue weighted by Gasteiger charge is -2.18. The molecule has 0 bridgehead atoms. The number of methoxy groups -OCH3 is 1. The zero-order chi connectivity index (χ0) is 24.4. The molecule has 0 radical (unpaired) electrons. The van der Waals surface area contributed by atoms with Crippen LogP contribution >= 0.6 is 11.3 Å². The number of nitrogens with two attached hydrogens (primary N) is 1. The Bertz CT molecular complexity index is 1310. The van der Waals surface area contributed by atoms with Gasteiger partial charge in [-0.2, -0.15) is 0 Å². The Kier molecular flexibility index (Phi) is 7.19. The smallest absolute Gasteiger partial charge is 0.195 e. The van der Waals surface area contributed by atoms with Crippen LogP contribution in [0.2, 0.25) is 0 Å². The standard InChI is InChI=1S/C30H34N2O2S/c1-20-5-12-25-27(17-20)35-30(22-8-6-21(7-9-22)13-14-31)28(25)29(33)23-10-11-24(26(18-23)34-2)19-32-15-3-4-16-32/h5-6,8,10-12,17-18H,3-4,7,9,13-16,19,31H2,1-2H3. The van der Waals surface area contributed by atoms with E-state index in [4.69, 9.17) is 10.5 Å². The second-order valence-electron chi connectivity index (χ2n) is 9.70. The number of ketones is 1. The molecule has 35 heavy (non-hydrogen) atoms. The fourth-order valence-corrected chi connectivity index (χ4v) is 6.61. The Balaban J connectivity index is 1.54.